The zero-order chi connectivity index (χ0) is 18.9. The molecule has 2 atom stereocenters. The third-order valence-electron chi connectivity index (χ3n) is 6.21. The summed E-state index contributed by atoms with van der Waals surface area (Å²) < 4.78 is 17.1. The average molecular weight is 371 g/mol. The maximum absolute atomic E-state index is 15.2. The molecule has 2 aliphatic heterocycles. The summed E-state index contributed by atoms with van der Waals surface area (Å²) in [6, 6.07) is 1.68. The zero-order valence-electron chi connectivity index (χ0n) is 14.9. The van der Waals surface area contributed by atoms with E-state index in [1.54, 1.807) is 0 Å². The van der Waals surface area contributed by atoms with Gasteiger partial charge in [-0.25, -0.2) is 9.18 Å². The van der Waals surface area contributed by atoms with Crippen molar-refractivity contribution in [3.8, 4) is 0 Å². The highest BCUT2D eigenvalue weighted by atomic mass is 19.1. The minimum atomic E-state index is -1.27. The Balaban J connectivity index is 1.85. The van der Waals surface area contributed by atoms with Gasteiger partial charge in [0, 0.05) is 41.8 Å². The molecule has 142 valence electrons. The van der Waals surface area contributed by atoms with Crippen LogP contribution in [-0.2, 0) is 6.42 Å². The number of benzene rings is 1. The van der Waals surface area contributed by atoms with Crippen LogP contribution in [0.25, 0.3) is 10.9 Å². The predicted molar refractivity (Wildman–Crippen MR) is 100 cm³/mol. The number of fused-ring (bicyclic) bond motifs is 5. The summed E-state index contributed by atoms with van der Waals surface area (Å²) in [6.07, 6.45) is 6.74. The van der Waals surface area contributed by atoms with Crippen LogP contribution in [0.2, 0.25) is 0 Å². The van der Waals surface area contributed by atoms with Crippen molar-refractivity contribution in [1.29, 1.82) is 0 Å². The highest BCUT2D eigenvalue weighted by molar-refractivity contribution is 5.95. The van der Waals surface area contributed by atoms with Crippen LogP contribution in [-0.4, -0.2) is 34.3 Å². The highest BCUT2D eigenvalue weighted by Gasteiger charge is 2.37. The number of nitrogens with zero attached hydrogens (tertiary/aromatic N) is 2. The van der Waals surface area contributed by atoms with E-state index in [0.29, 0.717) is 24.2 Å². The van der Waals surface area contributed by atoms with Crippen molar-refractivity contribution in [2.75, 3.05) is 11.4 Å². The number of anilines is 1. The van der Waals surface area contributed by atoms with Crippen LogP contribution in [0.1, 0.15) is 54.1 Å². The third kappa shape index (κ3) is 2.48. The van der Waals surface area contributed by atoms with Crippen molar-refractivity contribution < 1.29 is 14.3 Å². The molecule has 0 radical (unpaired) electrons. The molecule has 0 spiro atoms. The molecule has 0 amide bonds. The first-order valence-electron chi connectivity index (χ1n) is 9.61. The summed E-state index contributed by atoms with van der Waals surface area (Å²) >= 11 is 0. The van der Waals surface area contributed by atoms with E-state index in [2.05, 4.69) is 4.90 Å². The molecule has 0 bridgehead atoms. The summed E-state index contributed by atoms with van der Waals surface area (Å²) in [5, 5.41) is 9.61. The van der Waals surface area contributed by atoms with Gasteiger partial charge in [-0.15, -0.1) is 0 Å². The van der Waals surface area contributed by atoms with E-state index in [-0.39, 0.29) is 29.1 Å². The van der Waals surface area contributed by atoms with E-state index in [1.807, 2.05) is 4.57 Å². The van der Waals surface area contributed by atoms with Gasteiger partial charge < -0.3 is 20.3 Å². The molecule has 1 aromatic carbocycles. The highest BCUT2D eigenvalue weighted by Crippen LogP contribution is 2.43. The molecule has 2 fully saturated rings. The van der Waals surface area contributed by atoms with Crippen LogP contribution in [0.3, 0.4) is 0 Å². The van der Waals surface area contributed by atoms with Gasteiger partial charge in [-0.2, -0.15) is 0 Å². The predicted octanol–water partition coefficient (Wildman–Crippen LogP) is 2.42. The molecule has 1 saturated carbocycles. The number of rotatable bonds is 2. The smallest absolute Gasteiger partial charge is 0.341 e. The summed E-state index contributed by atoms with van der Waals surface area (Å²) in [7, 11) is 0. The zero-order valence-corrected chi connectivity index (χ0v) is 14.9. The number of halogens is 1. The Kier molecular flexibility index (Phi) is 3.59. The van der Waals surface area contributed by atoms with Crippen LogP contribution < -0.4 is 16.1 Å². The van der Waals surface area contributed by atoms with Gasteiger partial charge in [0.05, 0.1) is 11.2 Å². The van der Waals surface area contributed by atoms with Crippen molar-refractivity contribution in [3.05, 3.63) is 39.4 Å². The number of pyridine rings is 1. The second-order valence-electron chi connectivity index (χ2n) is 8.09. The summed E-state index contributed by atoms with van der Waals surface area (Å²) in [4.78, 5) is 26.4. The third-order valence-corrected chi connectivity index (χ3v) is 6.21. The Morgan fingerprint density at radius 1 is 1.26 bits per heavy atom. The van der Waals surface area contributed by atoms with Gasteiger partial charge in [0.25, 0.3) is 0 Å². The molecule has 1 aliphatic carbocycles. The van der Waals surface area contributed by atoms with Crippen LogP contribution in [0, 0.1) is 5.82 Å². The van der Waals surface area contributed by atoms with Crippen molar-refractivity contribution in [3.63, 3.8) is 0 Å². The quantitative estimate of drug-likeness (QED) is 0.846. The second-order valence-corrected chi connectivity index (χ2v) is 8.09. The summed E-state index contributed by atoms with van der Waals surface area (Å²) in [6.45, 7) is 0.612. The lowest BCUT2D eigenvalue weighted by atomic mass is 9.99. The van der Waals surface area contributed by atoms with Gasteiger partial charge in [0.1, 0.15) is 11.4 Å². The molecule has 3 heterocycles. The topological polar surface area (TPSA) is 88.6 Å². The lowest BCUT2D eigenvalue weighted by Gasteiger charge is -2.27. The minimum Gasteiger partial charge on any atom is -0.477 e. The van der Waals surface area contributed by atoms with E-state index in [0.717, 1.165) is 37.7 Å². The van der Waals surface area contributed by atoms with Gasteiger partial charge in [0.15, 0.2) is 0 Å². The molecule has 3 N–H and O–H groups in total. The fraction of sp³-hybridized carbons (Fsp3) is 0.500. The van der Waals surface area contributed by atoms with Crippen molar-refractivity contribution in [2.45, 2.75) is 56.7 Å². The number of carbonyl (C=O) groups is 1. The number of hydrogen-bond donors (Lipinski definition) is 2. The largest absolute Gasteiger partial charge is 0.477 e. The maximum Gasteiger partial charge on any atom is 0.341 e. The number of nitrogens with two attached hydrogens (primary N) is 1. The Bertz CT molecular complexity index is 1030. The first-order valence-corrected chi connectivity index (χ1v) is 9.61. The van der Waals surface area contributed by atoms with Gasteiger partial charge >= 0.3 is 5.97 Å². The van der Waals surface area contributed by atoms with E-state index < -0.39 is 17.2 Å². The summed E-state index contributed by atoms with van der Waals surface area (Å²) in [5.41, 5.74) is 7.37. The average Bonchev–Trinajstić information content (AvgIpc) is 3.40. The van der Waals surface area contributed by atoms with Crippen LogP contribution in [0.15, 0.2) is 17.1 Å². The Morgan fingerprint density at radius 2 is 2.04 bits per heavy atom. The number of carboxylic acids is 1. The first kappa shape index (κ1) is 16.7. The van der Waals surface area contributed by atoms with Crippen LogP contribution in [0.5, 0.6) is 0 Å². The van der Waals surface area contributed by atoms with Crippen molar-refractivity contribution >= 4 is 22.6 Å². The lowest BCUT2D eigenvalue weighted by molar-refractivity contribution is 0.0695. The van der Waals surface area contributed by atoms with E-state index >= 15 is 4.39 Å². The lowest BCUT2D eigenvalue weighted by Crippen LogP contribution is -2.31. The monoisotopic (exact) mass is 371 g/mol. The molecule has 6 nitrogen and oxygen atoms in total. The molecule has 3 aliphatic rings. The maximum atomic E-state index is 15.2. The second kappa shape index (κ2) is 5.79. The molecule has 2 aromatic rings. The van der Waals surface area contributed by atoms with Crippen LogP contribution >= 0.6 is 0 Å². The van der Waals surface area contributed by atoms with Crippen molar-refractivity contribution in [1.82, 2.24) is 4.57 Å². The Morgan fingerprint density at radius 3 is 2.74 bits per heavy atom. The molecular weight excluding hydrogens is 349 g/mol. The number of aryl methyl sites for hydroxylation is 1. The molecule has 0 unspecified atom stereocenters. The van der Waals surface area contributed by atoms with E-state index in [4.69, 9.17) is 5.73 Å². The molecule has 1 saturated heterocycles. The van der Waals surface area contributed by atoms with Gasteiger partial charge in [-0.3, -0.25) is 4.79 Å². The number of hydrogen-bond acceptors (Lipinski definition) is 4. The number of carboxylic acid groups (broad SMARTS) is 1. The van der Waals surface area contributed by atoms with Gasteiger partial charge in [-0.1, -0.05) is 0 Å². The fourth-order valence-electron chi connectivity index (χ4n) is 4.91. The molecule has 1 aromatic heterocycles. The standard InChI is InChI=1S/C20H22FN3O3/c21-16-7-14-17(24(11-4-5-11)9-15(19(14)25)20(26)27)13-3-1-2-12-6-10(22)8-23(12)18(13)16/h7,9-12H,1-6,8,22H2,(H,26,27)/t10-,12-/m0/s1. The SMILES string of the molecule is N[C@H]1C[C@@H]2CCCc3c(c(F)cc4c(=O)c(C(=O)O)cn(C5CC5)c34)N2C1. The van der Waals surface area contributed by atoms with Crippen LogP contribution in [0.4, 0.5) is 10.1 Å². The summed E-state index contributed by atoms with van der Waals surface area (Å²) in [5.74, 6) is -1.71. The first-order chi connectivity index (χ1) is 13.0. The molecule has 7 heteroatoms. The number of aromatic nitrogens is 1. The van der Waals surface area contributed by atoms with Crippen molar-refractivity contribution in [2.24, 2.45) is 5.73 Å². The van der Waals surface area contributed by atoms with Gasteiger partial charge in [0.2, 0.25) is 5.43 Å². The number of aromatic carboxylic acids is 1. The Labute approximate surface area is 155 Å². The molecule has 5 rings (SSSR count). The minimum absolute atomic E-state index is 0.0241. The van der Waals surface area contributed by atoms with Gasteiger partial charge in [-0.05, 0) is 44.6 Å². The van der Waals surface area contributed by atoms with E-state index in [9.17, 15) is 14.7 Å². The Hall–Kier alpha value is -2.41. The fourth-order valence-corrected chi connectivity index (χ4v) is 4.91. The normalized spacial score (nSPS) is 24.6. The molecule has 27 heavy (non-hydrogen) atoms. The molecular formula is C20H22FN3O3. The van der Waals surface area contributed by atoms with E-state index in [1.165, 1.54) is 12.3 Å².